The molecule has 0 amide bonds. The first-order chi connectivity index (χ1) is 7.27. The molecule has 2 heterocycles. The Labute approximate surface area is 105 Å². The van der Waals surface area contributed by atoms with Crippen LogP contribution < -0.4 is 5.32 Å². The van der Waals surface area contributed by atoms with Gasteiger partial charge in [-0.25, -0.2) is 0 Å². The summed E-state index contributed by atoms with van der Waals surface area (Å²) in [5, 5.41) is 3.48. The topological polar surface area (TPSA) is 24.5 Å². The van der Waals surface area contributed by atoms with Gasteiger partial charge in [-0.3, -0.25) is 4.90 Å². The molecule has 2 fully saturated rings. The van der Waals surface area contributed by atoms with E-state index < -0.39 is 0 Å². The van der Waals surface area contributed by atoms with Crippen molar-refractivity contribution in [3.05, 3.63) is 0 Å². The van der Waals surface area contributed by atoms with Crippen molar-refractivity contribution in [1.29, 1.82) is 0 Å². The van der Waals surface area contributed by atoms with Gasteiger partial charge in [0.25, 0.3) is 0 Å². The molecule has 96 valence electrons. The summed E-state index contributed by atoms with van der Waals surface area (Å²) < 4.78 is 5.42. The fourth-order valence-electron chi connectivity index (χ4n) is 2.75. The number of hydrogen-bond donors (Lipinski definition) is 1. The van der Waals surface area contributed by atoms with Gasteiger partial charge in [-0.2, -0.15) is 0 Å². The molecule has 0 spiro atoms. The van der Waals surface area contributed by atoms with E-state index in [4.69, 9.17) is 4.74 Å². The molecular formula is C12H25ClN2O. The van der Waals surface area contributed by atoms with E-state index >= 15 is 0 Å². The van der Waals surface area contributed by atoms with Crippen molar-refractivity contribution in [1.82, 2.24) is 10.2 Å². The summed E-state index contributed by atoms with van der Waals surface area (Å²) in [5.74, 6) is 0.819. The number of ether oxygens (including phenoxy) is 1. The third-order valence-electron chi connectivity index (χ3n) is 3.83. The van der Waals surface area contributed by atoms with Gasteiger partial charge in [0.15, 0.2) is 0 Å². The quantitative estimate of drug-likeness (QED) is 0.820. The van der Waals surface area contributed by atoms with E-state index in [-0.39, 0.29) is 12.4 Å². The van der Waals surface area contributed by atoms with Crippen molar-refractivity contribution in [2.45, 2.75) is 38.8 Å². The second-order valence-electron chi connectivity index (χ2n) is 5.11. The first-order valence-electron chi connectivity index (χ1n) is 6.31. The zero-order valence-electron chi connectivity index (χ0n) is 10.4. The van der Waals surface area contributed by atoms with Gasteiger partial charge in [-0.15, -0.1) is 12.4 Å². The average Bonchev–Trinajstić information content (AvgIpc) is 2.70. The maximum Gasteiger partial charge on any atom is 0.0495 e. The smallest absolute Gasteiger partial charge is 0.0495 e. The monoisotopic (exact) mass is 248 g/mol. The zero-order valence-corrected chi connectivity index (χ0v) is 11.3. The molecule has 0 aromatic carbocycles. The zero-order chi connectivity index (χ0) is 10.7. The highest BCUT2D eigenvalue weighted by Gasteiger charge is 2.25. The van der Waals surface area contributed by atoms with Crippen molar-refractivity contribution in [3.63, 3.8) is 0 Å². The van der Waals surface area contributed by atoms with Gasteiger partial charge < -0.3 is 10.1 Å². The Kier molecular flexibility index (Phi) is 6.05. The molecule has 1 unspecified atom stereocenters. The number of piperazine rings is 1. The van der Waals surface area contributed by atoms with Crippen molar-refractivity contribution in [2.75, 3.05) is 32.8 Å². The molecule has 2 aliphatic heterocycles. The molecule has 3 nitrogen and oxygen atoms in total. The van der Waals surface area contributed by atoms with E-state index in [9.17, 15) is 0 Å². The van der Waals surface area contributed by atoms with Crippen LogP contribution in [-0.4, -0.2) is 49.8 Å². The molecule has 1 N–H and O–H groups in total. The van der Waals surface area contributed by atoms with E-state index in [0.29, 0.717) is 12.1 Å². The maximum absolute atomic E-state index is 5.42. The molecule has 2 rings (SSSR count). The number of halogens is 1. The standard InChI is InChI=1S/C12H24N2O.ClH/c1-10-7-13-8-11(2)14(10)5-3-12-4-6-15-9-12;/h10-13H,3-9H2,1-2H3;1H/t10-,11+,12?;. The minimum Gasteiger partial charge on any atom is -0.381 e. The molecule has 0 aliphatic carbocycles. The third-order valence-corrected chi connectivity index (χ3v) is 3.83. The molecule has 16 heavy (non-hydrogen) atoms. The average molecular weight is 249 g/mol. The van der Waals surface area contributed by atoms with Crippen molar-refractivity contribution in [2.24, 2.45) is 5.92 Å². The summed E-state index contributed by atoms with van der Waals surface area (Å²) in [6, 6.07) is 1.38. The van der Waals surface area contributed by atoms with Gasteiger partial charge in [0.1, 0.15) is 0 Å². The van der Waals surface area contributed by atoms with E-state index in [1.165, 1.54) is 19.4 Å². The van der Waals surface area contributed by atoms with E-state index in [0.717, 1.165) is 32.2 Å². The van der Waals surface area contributed by atoms with Gasteiger partial charge in [0, 0.05) is 38.4 Å². The summed E-state index contributed by atoms with van der Waals surface area (Å²) in [6.45, 7) is 10.2. The summed E-state index contributed by atoms with van der Waals surface area (Å²) in [5.41, 5.74) is 0. The molecule has 0 aromatic heterocycles. The number of hydrogen-bond acceptors (Lipinski definition) is 3. The van der Waals surface area contributed by atoms with Crippen LogP contribution in [0.15, 0.2) is 0 Å². The molecule has 2 aliphatic rings. The van der Waals surface area contributed by atoms with Crippen LogP contribution in [0.5, 0.6) is 0 Å². The first-order valence-corrected chi connectivity index (χ1v) is 6.31. The van der Waals surface area contributed by atoms with Crippen LogP contribution in [0.25, 0.3) is 0 Å². The largest absolute Gasteiger partial charge is 0.381 e. The summed E-state index contributed by atoms with van der Waals surface area (Å²) in [6.07, 6.45) is 2.59. The van der Waals surface area contributed by atoms with Gasteiger partial charge >= 0.3 is 0 Å². The first kappa shape index (κ1) is 14.2. The Hall–Kier alpha value is 0.170. The van der Waals surface area contributed by atoms with Crippen molar-refractivity contribution in [3.8, 4) is 0 Å². The number of nitrogens with zero attached hydrogens (tertiary/aromatic N) is 1. The Balaban J connectivity index is 0.00000128. The second kappa shape index (κ2) is 6.80. The van der Waals surface area contributed by atoms with Gasteiger partial charge in [0.2, 0.25) is 0 Å². The predicted molar refractivity (Wildman–Crippen MR) is 69.3 cm³/mol. The van der Waals surface area contributed by atoms with Crippen LogP contribution in [0, 0.1) is 5.92 Å². The van der Waals surface area contributed by atoms with Gasteiger partial charge in [-0.1, -0.05) is 0 Å². The minimum atomic E-state index is 0. The highest BCUT2D eigenvalue weighted by Crippen LogP contribution is 2.19. The molecule has 3 atom stereocenters. The van der Waals surface area contributed by atoms with E-state index in [1.54, 1.807) is 0 Å². The SMILES string of the molecule is C[C@@H]1CNC[C@H](C)N1CCC1CCOC1.Cl. The molecular weight excluding hydrogens is 224 g/mol. The van der Waals surface area contributed by atoms with Gasteiger partial charge in [0.05, 0.1) is 0 Å². The van der Waals surface area contributed by atoms with Crippen LogP contribution in [0.2, 0.25) is 0 Å². The highest BCUT2D eigenvalue weighted by atomic mass is 35.5. The van der Waals surface area contributed by atoms with E-state index in [1.807, 2.05) is 0 Å². The lowest BCUT2D eigenvalue weighted by atomic mass is 10.0. The number of rotatable bonds is 3. The Bertz CT molecular complexity index is 187. The Morgan fingerprint density at radius 3 is 2.50 bits per heavy atom. The maximum atomic E-state index is 5.42. The summed E-state index contributed by atoms with van der Waals surface area (Å²) >= 11 is 0. The molecule has 0 saturated carbocycles. The normalized spacial score (nSPS) is 36.0. The van der Waals surface area contributed by atoms with Crippen LogP contribution in [-0.2, 0) is 4.74 Å². The van der Waals surface area contributed by atoms with Crippen LogP contribution in [0.1, 0.15) is 26.7 Å². The van der Waals surface area contributed by atoms with Crippen LogP contribution in [0.4, 0.5) is 0 Å². The summed E-state index contributed by atoms with van der Waals surface area (Å²) in [7, 11) is 0. The van der Waals surface area contributed by atoms with Crippen molar-refractivity contribution < 1.29 is 4.74 Å². The molecule has 0 radical (unpaired) electrons. The lowest BCUT2D eigenvalue weighted by Gasteiger charge is -2.39. The number of nitrogens with one attached hydrogen (secondary N) is 1. The highest BCUT2D eigenvalue weighted by molar-refractivity contribution is 5.85. The molecule has 0 aromatic rings. The predicted octanol–water partition coefficient (Wildman–Crippen LogP) is 1.52. The third kappa shape index (κ3) is 3.59. The van der Waals surface area contributed by atoms with Crippen molar-refractivity contribution >= 4 is 12.4 Å². The lowest BCUT2D eigenvalue weighted by Crippen LogP contribution is -2.55. The van der Waals surface area contributed by atoms with Crippen LogP contribution >= 0.6 is 12.4 Å². The molecule has 4 heteroatoms. The fraction of sp³-hybridized carbons (Fsp3) is 1.00. The summed E-state index contributed by atoms with van der Waals surface area (Å²) in [4.78, 5) is 2.65. The lowest BCUT2D eigenvalue weighted by molar-refractivity contribution is 0.106. The second-order valence-corrected chi connectivity index (χ2v) is 5.11. The Morgan fingerprint density at radius 1 is 1.25 bits per heavy atom. The minimum absolute atomic E-state index is 0. The Morgan fingerprint density at radius 2 is 1.94 bits per heavy atom. The molecule has 0 bridgehead atoms. The fourth-order valence-corrected chi connectivity index (χ4v) is 2.75. The molecule has 2 saturated heterocycles. The van der Waals surface area contributed by atoms with Gasteiger partial charge in [-0.05, 0) is 39.2 Å². The van der Waals surface area contributed by atoms with Crippen LogP contribution in [0.3, 0.4) is 0 Å². The van der Waals surface area contributed by atoms with E-state index in [2.05, 4.69) is 24.1 Å².